The van der Waals surface area contributed by atoms with Crippen molar-refractivity contribution in [3.8, 4) is 6.07 Å². The van der Waals surface area contributed by atoms with Crippen molar-refractivity contribution < 1.29 is 18.9 Å². The van der Waals surface area contributed by atoms with Gasteiger partial charge in [0.25, 0.3) is 0 Å². The summed E-state index contributed by atoms with van der Waals surface area (Å²) in [6.07, 6.45) is 0.0537. The number of hydrogen-bond donors (Lipinski definition) is 2. The lowest BCUT2D eigenvalue weighted by Gasteiger charge is -2.32. The van der Waals surface area contributed by atoms with Crippen LogP contribution in [0.2, 0.25) is 0 Å². The van der Waals surface area contributed by atoms with Crippen LogP contribution in [0.15, 0.2) is 0 Å². The molecule has 2 N–H and O–H groups in total. The fraction of sp³-hybridized carbons (Fsp3) is 0.889. The maximum Gasteiger partial charge on any atom is 0.588 e. The normalized spacial score (nSPS) is 13.2. The summed E-state index contributed by atoms with van der Waals surface area (Å²) in [5.41, 5.74) is 0. The van der Waals surface area contributed by atoms with Gasteiger partial charge in [0.2, 0.25) is 0 Å². The van der Waals surface area contributed by atoms with Gasteiger partial charge >= 0.3 is 8.17 Å². The molecule has 0 bridgehead atoms. The molecule has 100 valence electrons. The minimum absolute atomic E-state index is 0.0537. The zero-order valence-corrected chi connectivity index (χ0v) is 12.1. The molecule has 0 atom stereocenters. The van der Waals surface area contributed by atoms with E-state index in [-0.39, 0.29) is 19.1 Å². The maximum atomic E-state index is 9.54. The van der Waals surface area contributed by atoms with Gasteiger partial charge in [-0.15, -0.1) is 5.06 Å². The van der Waals surface area contributed by atoms with Crippen molar-refractivity contribution >= 4 is 19.8 Å². The highest BCUT2D eigenvalue weighted by atomic mass is 35.5. The first-order chi connectivity index (χ1) is 7.60. The minimum Gasteiger partial charge on any atom is -0.198 e. The average molecular weight is 286 g/mol. The summed E-state index contributed by atoms with van der Waals surface area (Å²) < 4.78 is 9.73. The first-order valence-corrected chi connectivity index (χ1v) is 7.05. The first-order valence-electron chi connectivity index (χ1n) is 5.14. The Morgan fingerprint density at radius 2 is 2.00 bits per heavy atom. The lowest BCUT2D eigenvalue weighted by atomic mass is 10.3. The Balaban J connectivity index is 4.49. The smallest absolute Gasteiger partial charge is 0.198 e. The van der Waals surface area contributed by atoms with E-state index >= 15 is 0 Å². The molecular formula is C9H19ClN2O4P+. The average Bonchev–Trinajstić information content (AvgIpc) is 2.12. The Morgan fingerprint density at radius 1 is 1.47 bits per heavy atom. The molecular weight excluding hydrogens is 267 g/mol. The van der Waals surface area contributed by atoms with Crippen molar-refractivity contribution in [3.63, 3.8) is 0 Å². The van der Waals surface area contributed by atoms with E-state index in [2.05, 4.69) is 0 Å². The molecule has 0 aliphatic heterocycles. The second-order valence-corrected chi connectivity index (χ2v) is 6.47. The second kappa shape index (κ2) is 6.81. The van der Waals surface area contributed by atoms with E-state index in [1.165, 1.54) is 5.06 Å². The molecule has 0 aromatic carbocycles. The van der Waals surface area contributed by atoms with Crippen molar-refractivity contribution in [2.24, 2.45) is 0 Å². The molecule has 0 heterocycles. The molecule has 17 heavy (non-hydrogen) atoms. The lowest BCUT2D eigenvalue weighted by molar-refractivity contribution is -0.155. The molecule has 0 fully saturated rings. The molecule has 0 saturated heterocycles. The summed E-state index contributed by atoms with van der Waals surface area (Å²) in [7, 11) is -3.99. The highest BCUT2D eigenvalue weighted by Crippen LogP contribution is 2.54. The van der Waals surface area contributed by atoms with Gasteiger partial charge in [0, 0.05) is 6.04 Å². The summed E-state index contributed by atoms with van der Waals surface area (Å²) in [6, 6.07) is 1.66. The molecule has 0 amide bonds. The molecule has 0 radical (unpaired) electrons. The van der Waals surface area contributed by atoms with E-state index in [0.29, 0.717) is 0 Å². The third kappa shape index (κ3) is 7.12. The topological polar surface area (TPSA) is 86.0 Å². The number of halogens is 1. The molecule has 6 nitrogen and oxygen atoms in total. The van der Waals surface area contributed by atoms with Crippen LogP contribution in [-0.2, 0) is 9.15 Å². The van der Waals surface area contributed by atoms with Gasteiger partial charge < -0.3 is 0 Å². The predicted molar refractivity (Wildman–Crippen MR) is 65.5 cm³/mol. The Kier molecular flexibility index (Phi) is 6.82. The van der Waals surface area contributed by atoms with Gasteiger partial charge in [0.05, 0.1) is 12.5 Å². The van der Waals surface area contributed by atoms with E-state index < -0.39 is 13.2 Å². The third-order valence-electron chi connectivity index (χ3n) is 1.66. The zero-order chi connectivity index (χ0) is 13.7. The van der Waals surface area contributed by atoms with Crippen molar-refractivity contribution in [2.45, 2.75) is 45.2 Å². The fourth-order valence-corrected chi connectivity index (χ4v) is 2.43. The zero-order valence-electron chi connectivity index (χ0n) is 10.4. The van der Waals surface area contributed by atoms with E-state index in [1.54, 1.807) is 27.7 Å². The van der Waals surface area contributed by atoms with Crippen LogP contribution in [-0.4, -0.2) is 32.5 Å². The second-order valence-electron chi connectivity index (χ2n) is 4.14. The Bertz CT molecular complexity index is 275. The Morgan fingerprint density at radius 3 is 2.35 bits per heavy atom. The van der Waals surface area contributed by atoms with Gasteiger partial charge in [-0.2, -0.15) is 19.6 Å². The SMILES string of the molecule is CC(C)N(O[P+](O)(O)OCCC#N)C(C)(C)Cl. The Hall–Kier alpha value is 0.0100. The van der Waals surface area contributed by atoms with Crippen molar-refractivity contribution in [1.29, 1.82) is 5.26 Å². The largest absolute Gasteiger partial charge is 0.588 e. The van der Waals surface area contributed by atoms with Gasteiger partial charge in [-0.1, -0.05) is 16.2 Å². The molecule has 0 aliphatic carbocycles. The highest BCUT2D eigenvalue weighted by Gasteiger charge is 2.47. The van der Waals surface area contributed by atoms with Crippen LogP contribution in [0.5, 0.6) is 0 Å². The summed E-state index contributed by atoms with van der Waals surface area (Å²) in [4.78, 5) is 18.2. The number of hydroxylamine groups is 2. The van der Waals surface area contributed by atoms with Crippen LogP contribution >= 0.6 is 19.8 Å². The summed E-state index contributed by atoms with van der Waals surface area (Å²) in [5, 5.41) is 9.55. The standard InChI is InChI=1S/C9H19ClN2O4P/c1-8(2)12(9(3,4)10)16-17(13,14)15-7-5-6-11/h8,13-14H,5,7H2,1-4H3/q+1. The fourth-order valence-electron chi connectivity index (χ4n) is 1.15. The van der Waals surface area contributed by atoms with E-state index in [1.807, 2.05) is 6.07 Å². The minimum atomic E-state index is -3.99. The van der Waals surface area contributed by atoms with E-state index in [0.717, 1.165) is 0 Å². The molecule has 0 spiro atoms. The summed E-state index contributed by atoms with van der Waals surface area (Å²) in [6.45, 7) is 6.79. The number of hydrogen-bond acceptors (Lipinski definition) is 6. The predicted octanol–water partition coefficient (Wildman–Crippen LogP) is 2.20. The van der Waals surface area contributed by atoms with Gasteiger partial charge in [-0.25, -0.2) is 0 Å². The molecule has 0 saturated carbocycles. The van der Waals surface area contributed by atoms with Crippen LogP contribution in [0.1, 0.15) is 34.1 Å². The molecule has 0 aromatic rings. The van der Waals surface area contributed by atoms with Gasteiger partial charge in [0.1, 0.15) is 11.6 Å². The summed E-state index contributed by atoms with van der Waals surface area (Å²) >= 11 is 6.05. The number of alkyl halides is 1. The molecule has 8 heteroatoms. The van der Waals surface area contributed by atoms with Crippen molar-refractivity contribution in [2.75, 3.05) is 6.61 Å². The molecule has 0 unspecified atom stereocenters. The number of nitriles is 1. The number of nitrogens with zero attached hydrogens (tertiary/aromatic N) is 2. The highest BCUT2D eigenvalue weighted by molar-refractivity contribution is 7.54. The van der Waals surface area contributed by atoms with Crippen LogP contribution < -0.4 is 0 Å². The third-order valence-corrected chi connectivity index (χ3v) is 2.73. The Labute approximate surface area is 107 Å². The molecule has 0 aromatic heterocycles. The van der Waals surface area contributed by atoms with E-state index in [9.17, 15) is 9.79 Å². The van der Waals surface area contributed by atoms with Crippen LogP contribution in [0.4, 0.5) is 0 Å². The number of rotatable bonds is 7. The van der Waals surface area contributed by atoms with Crippen LogP contribution in [0, 0.1) is 11.3 Å². The van der Waals surface area contributed by atoms with Gasteiger partial charge in [-0.05, 0) is 27.7 Å². The molecule has 0 aliphatic rings. The van der Waals surface area contributed by atoms with Crippen LogP contribution in [0.3, 0.4) is 0 Å². The quantitative estimate of drug-likeness (QED) is 0.245. The molecule has 0 rings (SSSR count). The van der Waals surface area contributed by atoms with Gasteiger partial charge in [-0.3, -0.25) is 0 Å². The van der Waals surface area contributed by atoms with Gasteiger partial charge in [0.15, 0.2) is 0 Å². The van der Waals surface area contributed by atoms with Crippen molar-refractivity contribution in [3.05, 3.63) is 0 Å². The lowest BCUT2D eigenvalue weighted by Crippen LogP contribution is -2.43. The van der Waals surface area contributed by atoms with Crippen LogP contribution in [0.25, 0.3) is 0 Å². The van der Waals surface area contributed by atoms with Crippen molar-refractivity contribution in [1.82, 2.24) is 5.06 Å². The first kappa shape index (κ1) is 17.0. The van der Waals surface area contributed by atoms with E-state index in [4.69, 9.17) is 26.0 Å². The monoisotopic (exact) mass is 285 g/mol. The summed E-state index contributed by atoms with van der Waals surface area (Å²) in [5.74, 6) is 0. The maximum absolute atomic E-state index is 9.54.